The number of aromatic amines is 1. The van der Waals surface area contributed by atoms with Crippen molar-refractivity contribution in [2.24, 2.45) is 5.92 Å². The minimum atomic E-state index is -0.857. The van der Waals surface area contributed by atoms with Crippen LogP contribution in [0.4, 0.5) is 10.5 Å². The molecule has 0 saturated carbocycles. The lowest BCUT2D eigenvalue weighted by Gasteiger charge is -2.21. The second kappa shape index (κ2) is 19.2. The molecule has 3 unspecified atom stereocenters. The fraction of sp³-hybridized carbons (Fsp3) is 0.463. The second-order valence-electron chi connectivity index (χ2n) is 14.2. The number of alkyl carbamates (subject to hydrolysis) is 1. The summed E-state index contributed by atoms with van der Waals surface area (Å²) in [6.45, 7) is 1.43. The van der Waals surface area contributed by atoms with E-state index in [2.05, 4.69) is 10.3 Å². The average Bonchev–Trinajstić information content (AvgIpc) is 4.00. The second-order valence-corrected chi connectivity index (χ2v) is 14.5. The van der Waals surface area contributed by atoms with Crippen LogP contribution in [0.25, 0.3) is 21.7 Å². The first-order valence-electron chi connectivity index (χ1n) is 19.1. The lowest BCUT2D eigenvalue weighted by atomic mass is 9.95. The Morgan fingerprint density at radius 2 is 1.76 bits per heavy atom. The molecule has 1 fully saturated rings. The number of nitrogens with one attached hydrogen (secondary N) is 2. The molecule has 3 aromatic carbocycles. The number of carbonyl (C=O) groups excluding carboxylic acids is 4. The Labute approximate surface area is 339 Å². The molecule has 2 aliphatic rings. The number of H-pyrrole nitrogens is 1. The van der Waals surface area contributed by atoms with Crippen LogP contribution in [-0.4, -0.2) is 121 Å². The molecule has 1 aromatic heterocycles. The zero-order valence-corrected chi connectivity index (χ0v) is 33.4. The van der Waals surface area contributed by atoms with Gasteiger partial charge in [-0.05, 0) is 35.9 Å². The molecule has 58 heavy (non-hydrogen) atoms. The Morgan fingerprint density at radius 1 is 1.00 bits per heavy atom. The van der Waals surface area contributed by atoms with Crippen molar-refractivity contribution in [2.75, 3.05) is 64.4 Å². The van der Waals surface area contributed by atoms with Gasteiger partial charge in [-0.3, -0.25) is 14.4 Å². The van der Waals surface area contributed by atoms with E-state index in [1.54, 1.807) is 28.0 Å². The molecule has 2 aliphatic heterocycles. The highest BCUT2D eigenvalue weighted by Gasteiger charge is 2.37. The van der Waals surface area contributed by atoms with Crippen molar-refractivity contribution in [3.63, 3.8) is 0 Å². The minimum absolute atomic E-state index is 0.00857. The highest BCUT2D eigenvalue weighted by atomic mass is 35.5. The number of esters is 1. The Morgan fingerprint density at radius 3 is 2.43 bits per heavy atom. The van der Waals surface area contributed by atoms with Gasteiger partial charge < -0.3 is 59.1 Å². The van der Waals surface area contributed by atoms with Gasteiger partial charge in [0.1, 0.15) is 23.8 Å². The third-order valence-electron chi connectivity index (χ3n) is 10.7. The summed E-state index contributed by atoms with van der Waals surface area (Å²) in [4.78, 5) is 59.5. The number of fused-ring (bicyclic) bond motifs is 4. The van der Waals surface area contributed by atoms with Crippen molar-refractivity contribution in [2.45, 2.75) is 57.7 Å². The van der Waals surface area contributed by atoms with E-state index in [1.807, 2.05) is 31.2 Å². The summed E-state index contributed by atoms with van der Waals surface area (Å²) >= 11 is 6.50. The van der Waals surface area contributed by atoms with Crippen LogP contribution in [0.1, 0.15) is 59.3 Å². The first-order valence-corrected chi connectivity index (χ1v) is 19.7. The predicted octanol–water partition coefficient (Wildman–Crippen LogP) is 3.93. The van der Waals surface area contributed by atoms with Crippen molar-refractivity contribution in [3.05, 3.63) is 64.8 Å². The van der Waals surface area contributed by atoms with Crippen molar-refractivity contribution < 1.29 is 58.2 Å². The van der Waals surface area contributed by atoms with E-state index in [0.717, 1.165) is 10.9 Å². The highest BCUT2D eigenvalue weighted by Crippen LogP contribution is 2.46. The summed E-state index contributed by atoms with van der Waals surface area (Å²) in [6.07, 6.45) is -1.16. The lowest BCUT2D eigenvalue weighted by molar-refractivity contribution is -0.181. The monoisotopic (exact) mass is 824 g/mol. The first kappa shape index (κ1) is 42.6. The van der Waals surface area contributed by atoms with E-state index in [0.29, 0.717) is 58.2 Å². The van der Waals surface area contributed by atoms with Gasteiger partial charge in [-0.15, -0.1) is 11.6 Å². The van der Waals surface area contributed by atoms with Gasteiger partial charge in [0.15, 0.2) is 6.29 Å². The Kier molecular flexibility index (Phi) is 14.1. The van der Waals surface area contributed by atoms with E-state index in [-0.39, 0.29) is 87.5 Å². The first-order chi connectivity index (χ1) is 28.1. The quantitative estimate of drug-likeness (QED) is 0.0444. The van der Waals surface area contributed by atoms with Gasteiger partial charge in [-0.25, -0.2) is 4.79 Å². The van der Waals surface area contributed by atoms with E-state index in [9.17, 15) is 34.5 Å². The third-order valence-corrected chi connectivity index (χ3v) is 11.1. The van der Waals surface area contributed by atoms with Gasteiger partial charge >= 0.3 is 12.1 Å². The number of alkyl halides is 1. The molecule has 1 saturated heterocycles. The number of halogens is 1. The molecule has 17 heteroatoms. The van der Waals surface area contributed by atoms with Crippen LogP contribution in [0.15, 0.2) is 42.5 Å². The number of aromatic nitrogens is 1. The molecular weight excluding hydrogens is 776 g/mol. The number of aliphatic hydroxyl groups is 3. The molecule has 4 aromatic rings. The Hall–Kier alpha value is -4.97. The van der Waals surface area contributed by atoms with Gasteiger partial charge in [0.05, 0.1) is 50.2 Å². The molecule has 0 radical (unpaired) electrons. The number of benzene rings is 3. The Balaban J connectivity index is 1.13. The number of carbonyl (C=O) groups is 4. The smallest absolute Gasteiger partial charge is 0.407 e. The van der Waals surface area contributed by atoms with Gasteiger partial charge in [-0.1, -0.05) is 31.2 Å². The molecule has 3 amide bonds. The summed E-state index contributed by atoms with van der Waals surface area (Å²) < 4.78 is 27.3. The fourth-order valence-corrected chi connectivity index (χ4v) is 7.86. The summed E-state index contributed by atoms with van der Waals surface area (Å²) in [5.74, 6) is -1.08. The largest absolute Gasteiger partial charge is 0.496 e. The molecule has 5 N–H and O–H groups in total. The molecule has 312 valence electrons. The minimum Gasteiger partial charge on any atom is -0.496 e. The summed E-state index contributed by atoms with van der Waals surface area (Å²) in [5.41, 5.74) is 2.97. The van der Waals surface area contributed by atoms with Crippen LogP contribution in [0.2, 0.25) is 0 Å². The number of amides is 3. The zero-order chi connectivity index (χ0) is 41.5. The number of anilines is 1. The fourth-order valence-electron chi connectivity index (χ4n) is 7.61. The zero-order valence-electron chi connectivity index (χ0n) is 32.6. The maximum atomic E-state index is 14.3. The number of ether oxygens (including phenoxy) is 5. The van der Waals surface area contributed by atoms with Crippen molar-refractivity contribution in [3.8, 4) is 11.5 Å². The van der Waals surface area contributed by atoms with Crippen molar-refractivity contribution in [1.82, 2.24) is 15.2 Å². The van der Waals surface area contributed by atoms with Crippen LogP contribution in [0.3, 0.4) is 0 Å². The number of rotatable bonds is 17. The molecular formula is C41H49ClN4O12. The van der Waals surface area contributed by atoms with E-state index in [4.69, 9.17) is 35.3 Å². The average molecular weight is 825 g/mol. The predicted molar refractivity (Wildman–Crippen MR) is 213 cm³/mol. The highest BCUT2D eigenvalue weighted by molar-refractivity contribution is 6.19. The topological polar surface area (TPSA) is 209 Å². The van der Waals surface area contributed by atoms with Gasteiger partial charge in [0, 0.05) is 79.5 Å². The summed E-state index contributed by atoms with van der Waals surface area (Å²) in [6, 6.07) is 12.5. The van der Waals surface area contributed by atoms with Gasteiger partial charge in [-0.2, -0.15) is 0 Å². The van der Waals surface area contributed by atoms with Crippen LogP contribution in [0.5, 0.6) is 11.5 Å². The number of likely N-dealkylation sites (tertiary alicyclic amines) is 1. The van der Waals surface area contributed by atoms with E-state index in [1.165, 1.54) is 14.2 Å². The van der Waals surface area contributed by atoms with Gasteiger partial charge in [0.25, 0.3) is 5.91 Å². The lowest BCUT2D eigenvalue weighted by Crippen LogP contribution is -2.36. The summed E-state index contributed by atoms with van der Waals surface area (Å²) in [5, 5.41) is 34.1. The third kappa shape index (κ3) is 8.87. The van der Waals surface area contributed by atoms with E-state index < -0.39 is 30.4 Å². The molecule has 0 bridgehead atoms. The molecule has 0 aliphatic carbocycles. The maximum absolute atomic E-state index is 14.3. The number of hydrogen-bond donors (Lipinski definition) is 5. The van der Waals surface area contributed by atoms with Crippen LogP contribution >= 0.6 is 11.6 Å². The normalized spacial score (nSPS) is 17.4. The van der Waals surface area contributed by atoms with Crippen LogP contribution < -0.4 is 19.7 Å². The van der Waals surface area contributed by atoms with Crippen LogP contribution in [-0.2, 0) is 37.0 Å². The molecule has 6 rings (SSSR count). The molecule has 0 spiro atoms. The number of nitrogens with zero attached hydrogens (tertiary/aromatic N) is 2. The molecule has 16 nitrogen and oxygen atoms in total. The van der Waals surface area contributed by atoms with Crippen molar-refractivity contribution >= 4 is 62.8 Å². The van der Waals surface area contributed by atoms with E-state index >= 15 is 0 Å². The maximum Gasteiger partial charge on any atom is 0.407 e. The van der Waals surface area contributed by atoms with Crippen LogP contribution in [0, 0.1) is 5.92 Å². The Bertz CT molecular complexity index is 2140. The van der Waals surface area contributed by atoms with Crippen molar-refractivity contribution in [1.29, 1.82) is 0 Å². The molecule has 3 heterocycles. The number of hydrogen-bond acceptors (Lipinski definition) is 12. The number of aliphatic hydroxyl groups excluding tert-OH is 3. The summed E-state index contributed by atoms with van der Waals surface area (Å²) in [7, 11) is 2.86. The number of methoxy groups -OCH3 is 2. The van der Waals surface area contributed by atoms with Gasteiger partial charge in [0.2, 0.25) is 5.91 Å². The standard InChI is InChI=1S/C41H49ClN4O12/c1-4-26(19-47)57-36(55-3)22-56-41(53)43-11-9-35(50)45-12-10-23(17-45)40(52)58-34-15-32-37(28-8-6-5-7-27(28)34)25(16-42)18-46(32)39(51)31-13-24-14-33(54-2)29(20-48)30(21-49)38(24)44-31/h5-8,13-15,23,25-26,36,44,47-49H,4,9-12,16-22H2,1-3H3,(H,43,53)/t23?,25-,26?,36?/m1/s1. The SMILES string of the molecule is CCC(CO)OC(COC(=O)NCCC(=O)N1CCC(C(=O)Oc2cc3c(c4ccccc24)[C@H](CCl)CN3C(=O)c2cc3cc(OC)c(CO)c(CO)c3[nH]2)C1)OC. The molecule has 4 atom stereocenters.